The van der Waals surface area contributed by atoms with E-state index < -0.39 is 0 Å². The molecule has 26 heavy (non-hydrogen) atoms. The molecule has 3 aliphatic heterocycles. The monoisotopic (exact) mass is 353 g/mol. The second kappa shape index (κ2) is 5.92. The molecule has 3 heterocycles. The van der Waals surface area contributed by atoms with E-state index >= 15 is 0 Å². The van der Waals surface area contributed by atoms with Gasteiger partial charge in [0.05, 0.1) is 0 Å². The van der Waals surface area contributed by atoms with Crippen molar-refractivity contribution in [3.63, 3.8) is 0 Å². The van der Waals surface area contributed by atoms with Crippen LogP contribution in [0.15, 0.2) is 24.3 Å². The maximum Gasteiger partial charge on any atom is 0.231 e. The number of fused-ring (bicyclic) bond motifs is 4. The number of nitrogens with zero attached hydrogens (tertiary/aromatic N) is 1. The third-order valence-electron chi connectivity index (χ3n) is 5.10. The Labute approximate surface area is 151 Å². The molecule has 2 aromatic rings. The van der Waals surface area contributed by atoms with Crippen LogP contribution < -0.4 is 18.9 Å². The van der Waals surface area contributed by atoms with Gasteiger partial charge < -0.3 is 18.9 Å². The van der Waals surface area contributed by atoms with Crippen LogP contribution in [0.3, 0.4) is 0 Å². The van der Waals surface area contributed by atoms with Gasteiger partial charge in [-0.25, -0.2) is 0 Å². The number of carbonyl (C=O) groups excluding carboxylic acids is 1. The summed E-state index contributed by atoms with van der Waals surface area (Å²) in [7, 11) is 2.05. The number of carbonyl (C=O) groups is 1. The molecule has 0 saturated heterocycles. The zero-order valence-electron chi connectivity index (χ0n) is 14.5. The summed E-state index contributed by atoms with van der Waals surface area (Å²) in [5.41, 5.74) is 4.02. The maximum absolute atomic E-state index is 12.9. The minimum atomic E-state index is 0.122. The minimum absolute atomic E-state index is 0.122. The number of hydrogen-bond donors (Lipinski definition) is 0. The Balaban J connectivity index is 1.54. The second-order valence-electron chi connectivity index (χ2n) is 6.93. The number of rotatable bonds is 0. The van der Waals surface area contributed by atoms with Crippen LogP contribution >= 0.6 is 0 Å². The Hall–Kier alpha value is -2.73. The van der Waals surface area contributed by atoms with Crippen molar-refractivity contribution in [1.29, 1.82) is 0 Å². The molecule has 3 aliphatic rings. The van der Waals surface area contributed by atoms with E-state index in [1.54, 1.807) is 0 Å². The first-order valence-electron chi connectivity index (χ1n) is 8.73. The standard InChI is InChI=1S/C20H19NO5/c1-21-8-13-5-18-17(23-10-24-18)4-12(13)2-3-16(22)15-7-20-19(25-11-26-20)6-14(15)9-21/h4-7H,2-3,8-11H2,1H3. The Kier molecular flexibility index (Phi) is 3.53. The number of ketones is 1. The molecular weight excluding hydrogens is 334 g/mol. The summed E-state index contributed by atoms with van der Waals surface area (Å²) in [6.07, 6.45) is 1.12. The maximum atomic E-state index is 12.9. The van der Waals surface area contributed by atoms with Crippen LogP contribution in [0.2, 0.25) is 0 Å². The van der Waals surface area contributed by atoms with Gasteiger partial charge in [-0.05, 0) is 54.4 Å². The highest BCUT2D eigenvalue weighted by atomic mass is 16.7. The first kappa shape index (κ1) is 15.5. The van der Waals surface area contributed by atoms with Crippen LogP contribution in [-0.4, -0.2) is 31.3 Å². The molecular formula is C20H19NO5. The van der Waals surface area contributed by atoms with E-state index in [1.807, 2.05) is 24.3 Å². The number of aryl methyl sites for hydroxylation is 1. The average molecular weight is 353 g/mol. The van der Waals surface area contributed by atoms with Crippen LogP contribution in [0.5, 0.6) is 23.0 Å². The smallest absolute Gasteiger partial charge is 0.231 e. The fraction of sp³-hybridized carbons (Fsp3) is 0.350. The van der Waals surface area contributed by atoms with Crippen LogP contribution in [0, 0.1) is 0 Å². The van der Waals surface area contributed by atoms with Gasteiger partial charge in [-0.3, -0.25) is 9.69 Å². The summed E-state index contributed by atoms with van der Waals surface area (Å²) in [4.78, 5) is 15.1. The number of hydrogen-bond acceptors (Lipinski definition) is 6. The first-order valence-corrected chi connectivity index (χ1v) is 8.73. The first-order chi connectivity index (χ1) is 12.7. The highest BCUT2D eigenvalue weighted by Gasteiger charge is 2.24. The topological polar surface area (TPSA) is 57.2 Å². The van der Waals surface area contributed by atoms with Gasteiger partial charge in [0.25, 0.3) is 0 Å². The molecule has 0 atom stereocenters. The van der Waals surface area contributed by atoms with Gasteiger partial charge in [0, 0.05) is 25.1 Å². The van der Waals surface area contributed by atoms with Crippen LogP contribution in [-0.2, 0) is 19.5 Å². The zero-order valence-corrected chi connectivity index (χ0v) is 14.5. The Bertz CT molecular complexity index is 908. The Morgan fingerprint density at radius 3 is 1.96 bits per heavy atom. The number of Topliss-reactive ketones (excluding diaryl/α,β-unsaturated/α-hetero) is 1. The van der Waals surface area contributed by atoms with Gasteiger partial charge in [0.1, 0.15) is 0 Å². The van der Waals surface area contributed by atoms with Gasteiger partial charge in [-0.15, -0.1) is 0 Å². The molecule has 0 unspecified atom stereocenters. The average Bonchev–Trinajstić information content (AvgIpc) is 3.26. The van der Waals surface area contributed by atoms with Crippen molar-refractivity contribution >= 4 is 5.78 Å². The van der Waals surface area contributed by atoms with Gasteiger partial charge in [-0.1, -0.05) is 0 Å². The van der Waals surface area contributed by atoms with E-state index in [-0.39, 0.29) is 19.4 Å². The van der Waals surface area contributed by atoms with Crippen molar-refractivity contribution in [2.45, 2.75) is 25.9 Å². The number of benzene rings is 2. The minimum Gasteiger partial charge on any atom is -0.454 e. The number of ether oxygens (including phenoxy) is 4. The van der Waals surface area contributed by atoms with E-state index in [0.717, 1.165) is 34.7 Å². The predicted octanol–water partition coefficient (Wildman–Crippen LogP) is 2.90. The fourth-order valence-corrected chi connectivity index (χ4v) is 3.80. The van der Waals surface area contributed by atoms with Crippen LogP contribution in [0.1, 0.15) is 33.5 Å². The van der Waals surface area contributed by atoms with Crippen molar-refractivity contribution in [3.05, 3.63) is 46.5 Å². The predicted molar refractivity (Wildman–Crippen MR) is 93.0 cm³/mol. The lowest BCUT2D eigenvalue weighted by Gasteiger charge is -2.23. The largest absolute Gasteiger partial charge is 0.454 e. The van der Waals surface area contributed by atoms with E-state index in [4.69, 9.17) is 18.9 Å². The van der Waals surface area contributed by atoms with Crippen molar-refractivity contribution < 1.29 is 23.7 Å². The van der Waals surface area contributed by atoms with Gasteiger partial charge in [0.2, 0.25) is 13.6 Å². The lowest BCUT2D eigenvalue weighted by Crippen LogP contribution is -2.21. The lowest BCUT2D eigenvalue weighted by molar-refractivity contribution is 0.0979. The molecule has 0 aromatic heterocycles. The summed E-state index contributed by atoms with van der Waals surface area (Å²) in [5.74, 6) is 3.03. The third kappa shape index (κ3) is 2.57. The molecule has 6 nitrogen and oxygen atoms in total. The molecule has 0 aliphatic carbocycles. The molecule has 0 fully saturated rings. The third-order valence-corrected chi connectivity index (χ3v) is 5.10. The molecule has 0 radical (unpaired) electrons. The highest BCUT2D eigenvalue weighted by molar-refractivity contribution is 5.98. The van der Waals surface area contributed by atoms with Crippen LogP contribution in [0.25, 0.3) is 0 Å². The van der Waals surface area contributed by atoms with Crippen molar-refractivity contribution in [3.8, 4) is 23.0 Å². The SMILES string of the molecule is CN1Cc2cc3c(cc2CCC(=O)c2cc4c(cc2C1)OCO4)OCO3. The second-order valence-corrected chi connectivity index (χ2v) is 6.93. The van der Waals surface area contributed by atoms with E-state index in [2.05, 4.69) is 11.9 Å². The van der Waals surface area contributed by atoms with Crippen molar-refractivity contribution in [2.75, 3.05) is 20.6 Å². The quantitative estimate of drug-likeness (QED) is 0.726. The lowest BCUT2D eigenvalue weighted by atomic mass is 9.94. The van der Waals surface area contributed by atoms with Gasteiger partial charge in [0.15, 0.2) is 28.8 Å². The van der Waals surface area contributed by atoms with E-state index in [9.17, 15) is 4.79 Å². The Morgan fingerprint density at radius 1 is 0.731 bits per heavy atom. The molecule has 134 valence electrons. The molecule has 2 aromatic carbocycles. The summed E-state index contributed by atoms with van der Waals surface area (Å²) in [6.45, 7) is 1.89. The highest BCUT2D eigenvalue weighted by Crippen LogP contribution is 2.38. The normalized spacial score (nSPS) is 18.4. The summed E-state index contributed by atoms with van der Waals surface area (Å²) in [5, 5.41) is 0. The molecule has 5 rings (SSSR count). The van der Waals surface area contributed by atoms with Crippen molar-refractivity contribution in [2.24, 2.45) is 0 Å². The molecule has 0 saturated carbocycles. The molecule has 0 N–H and O–H groups in total. The summed E-state index contributed by atoms with van der Waals surface area (Å²) in [6, 6.07) is 7.83. The van der Waals surface area contributed by atoms with Gasteiger partial charge in [-0.2, -0.15) is 0 Å². The fourth-order valence-electron chi connectivity index (χ4n) is 3.80. The van der Waals surface area contributed by atoms with Gasteiger partial charge >= 0.3 is 0 Å². The summed E-state index contributed by atoms with van der Waals surface area (Å²) < 4.78 is 22.0. The molecule has 0 bridgehead atoms. The van der Waals surface area contributed by atoms with E-state index in [0.29, 0.717) is 30.9 Å². The summed E-state index contributed by atoms with van der Waals surface area (Å²) >= 11 is 0. The van der Waals surface area contributed by atoms with Crippen molar-refractivity contribution in [1.82, 2.24) is 4.90 Å². The zero-order chi connectivity index (χ0) is 17.7. The van der Waals surface area contributed by atoms with Crippen LogP contribution in [0.4, 0.5) is 0 Å². The molecule has 6 heteroatoms. The molecule has 0 spiro atoms. The molecule has 0 amide bonds. The Morgan fingerprint density at radius 2 is 1.27 bits per heavy atom. The van der Waals surface area contributed by atoms with E-state index in [1.165, 1.54) is 5.56 Å².